The summed E-state index contributed by atoms with van der Waals surface area (Å²) in [6.07, 6.45) is 0.975. The van der Waals surface area contributed by atoms with Gasteiger partial charge in [-0.25, -0.2) is 0 Å². The molecule has 0 radical (unpaired) electrons. The molecule has 0 aliphatic rings. The molecular weight excluding hydrogens is 148 g/mol. The highest BCUT2D eigenvalue weighted by Crippen LogP contribution is 2.14. The Hall–Kier alpha value is -0.890. The minimum absolute atomic E-state index is 0.158. The number of nitrogens with two attached hydrogens (primary N) is 1. The fourth-order valence-corrected chi connectivity index (χ4v) is 1.32. The summed E-state index contributed by atoms with van der Waals surface area (Å²) in [6.45, 7) is 6.09. The van der Waals surface area contributed by atoms with Crippen LogP contribution >= 0.6 is 0 Å². The maximum atomic E-state index is 5.90. The van der Waals surface area contributed by atoms with Gasteiger partial charge in [-0.15, -0.1) is 0 Å². The first-order valence-electron chi connectivity index (χ1n) is 4.34. The van der Waals surface area contributed by atoms with Crippen molar-refractivity contribution < 1.29 is 0 Å². The Balaban J connectivity index is 3.00. The Morgan fingerprint density at radius 3 is 2.25 bits per heavy atom. The van der Waals surface area contributed by atoms with Gasteiger partial charge in [0.05, 0.1) is 0 Å². The molecule has 2 nitrogen and oxygen atoms in total. The van der Waals surface area contributed by atoms with Crippen LogP contribution in [0.4, 0.5) is 0 Å². The van der Waals surface area contributed by atoms with Crippen LogP contribution in [0, 0.1) is 13.8 Å². The van der Waals surface area contributed by atoms with E-state index in [9.17, 15) is 0 Å². The zero-order valence-corrected chi connectivity index (χ0v) is 7.96. The molecule has 2 heteroatoms. The molecule has 66 valence electrons. The third-order valence-corrected chi connectivity index (χ3v) is 1.97. The van der Waals surface area contributed by atoms with Gasteiger partial charge in [-0.3, -0.25) is 4.98 Å². The number of nitrogens with zero attached hydrogens (tertiary/aromatic N) is 1. The van der Waals surface area contributed by atoms with E-state index in [1.54, 1.807) is 0 Å². The molecule has 1 rings (SSSR count). The van der Waals surface area contributed by atoms with Crippen LogP contribution in [0.3, 0.4) is 0 Å². The summed E-state index contributed by atoms with van der Waals surface area (Å²) in [5, 5.41) is 0. The Morgan fingerprint density at radius 2 is 1.83 bits per heavy atom. The van der Waals surface area contributed by atoms with Crippen molar-refractivity contribution in [3.05, 3.63) is 29.1 Å². The van der Waals surface area contributed by atoms with E-state index < -0.39 is 0 Å². The second-order valence-corrected chi connectivity index (χ2v) is 3.20. The van der Waals surface area contributed by atoms with E-state index in [4.69, 9.17) is 5.73 Å². The van der Waals surface area contributed by atoms with Crippen LogP contribution in [0.5, 0.6) is 0 Å². The third kappa shape index (κ3) is 2.05. The topological polar surface area (TPSA) is 38.9 Å². The maximum absolute atomic E-state index is 5.90. The van der Waals surface area contributed by atoms with E-state index in [-0.39, 0.29) is 6.04 Å². The van der Waals surface area contributed by atoms with Crippen molar-refractivity contribution in [2.45, 2.75) is 33.2 Å². The Bertz CT molecular complexity index is 248. The van der Waals surface area contributed by atoms with Gasteiger partial charge in [-0.1, -0.05) is 6.92 Å². The highest BCUT2D eigenvalue weighted by molar-refractivity contribution is 5.23. The van der Waals surface area contributed by atoms with Gasteiger partial charge in [0.1, 0.15) is 0 Å². The minimum atomic E-state index is 0.158. The number of aryl methyl sites for hydroxylation is 2. The largest absolute Gasteiger partial charge is 0.324 e. The lowest BCUT2D eigenvalue weighted by Crippen LogP contribution is -2.09. The molecule has 0 saturated carbocycles. The minimum Gasteiger partial charge on any atom is -0.324 e. The van der Waals surface area contributed by atoms with Gasteiger partial charge >= 0.3 is 0 Å². The predicted molar refractivity (Wildman–Crippen MR) is 50.9 cm³/mol. The van der Waals surface area contributed by atoms with Gasteiger partial charge in [-0.2, -0.15) is 0 Å². The van der Waals surface area contributed by atoms with Gasteiger partial charge in [0.25, 0.3) is 0 Å². The number of hydrogen-bond donors (Lipinski definition) is 1. The zero-order chi connectivity index (χ0) is 9.14. The fourth-order valence-electron chi connectivity index (χ4n) is 1.32. The lowest BCUT2D eigenvalue weighted by atomic mass is 10.1. The van der Waals surface area contributed by atoms with Crippen LogP contribution in [0.1, 0.15) is 36.3 Å². The molecule has 0 aromatic carbocycles. The van der Waals surface area contributed by atoms with E-state index >= 15 is 0 Å². The summed E-state index contributed by atoms with van der Waals surface area (Å²) in [4.78, 5) is 4.30. The number of pyridine rings is 1. The second kappa shape index (κ2) is 3.68. The molecular formula is C10H16N2. The second-order valence-electron chi connectivity index (χ2n) is 3.20. The van der Waals surface area contributed by atoms with Gasteiger partial charge < -0.3 is 5.73 Å². The van der Waals surface area contributed by atoms with Crippen LogP contribution in [-0.4, -0.2) is 4.98 Å². The molecule has 0 spiro atoms. The Labute approximate surface area is 73.8 Å². The van der Waals surface area contributed by atoms with Gasteiger partial charge in [0.15, 0.2) is 0 Å². The van der Waals surface area contributed by atoms with Crippen LogP contribution in [0.15, 0.2) is 12.1 Å². The molecule has 2 N–H and O–H groups in total. The quantitative estimate of drug-likeness (QED) is 0.727. The average Bonchev–Trinajstić information content (AvgIpc) is 2.01. The number of rotatable bonds is 2. The summed E-state index contributed by atoms with van der Waals surface area (Å²) >= 11 is 0. The van der Waals surface area contributed by atoms with E-state index in [2.05, 4.69) is 24.0 Å². The molecule has 0 saturated heterocycles. The number of aromatic nitrogens is 1. The molecule has 1 atom stereocenters. The molecule has 0 amide bonds. The fraction of sp³-hybridized carbons (Fsp3) is 0.500. The van der Waals surface area contributed by atoms with Crippen LogP contribution in [0.25, 0.3) is 0 Å². The van der Waals surface area contributed by atoms with E-state index in [1.807, 2.05) is 13.8 Å². The van der Waals surface area contributed by atoms with Crippen LogP contribution in [0.2, 0.25) is 0 Å². The van der Waals surface area contributed by atoms with Crippen molar-refractivity contribution in [2.75, 3.05) is 0 Å². The van der Waals surface area contributed by atoms with Crippen molar-refractivity contribution in [3.63, 3.8) is 0 Å². The maximum Gasteiger partial charge on any atom is 0.0379 e. The molecule has 0 aliphatic heterocycles. The van der Waals surface area contributed by atoms with E-state index in [0.29, 0.717) is 0 Å². The Kier molecular flexibility index (Phi) is 2.82. The highest BCUT2D eigenvalue weighted by atomic mass is 14.7. The van der Waals surface area contributed by atoms with Gasteiger partial charge in [-0.05, 0) is 38.0 Å². The standard InChI is InChI=1S/C10H16N2/c1-4-10(11)9-5-7(2)12-8(3)6-9/h5-6,10H,4,11H2,1-3H3/t10-/m1/s1. The first-order valence-corrected chi connectivity index (χ1v) is 4.34. The number of hydrogen-bond acceptors (Lipinski definition) is 2. The molecule has 1 aromatic heterocycles. The molecule has 0 bridgehead atoms. The first kappa shape index (κ1) is 9.20. The van der Waals surface area contributed by atoms with Crippen molar-refractivity contribution >= 4 is 0 Å². The monoisotopic (exact) mass is 164 g/mol. The third-order valence-electron chi connectivity index (χ3n) is 1.97. The molecule has 0 unspecified atom stereocenters. The molecule has 12 heavy (non-hydrogen) atoms. The molecule has 0 fully saturated rings. The highest BCUT2D eigenvalue weighted by Gasteiger charge is 2.03. The van der Waals surface area contributed by atoms with Crippen molar-refractivity contribution in [1.82, 2.24) is 4.98 Å². The van der Waals surface area contributed by atoms with Crippen LogP contribution < -0.4 is 5.73 Å². The lowest BCUT2D eigenvalue weighted by Gasteiger charge is -2.10. The predicted octanol–water partition coefficient (Wildman–Crippen LogP) is 2.11. The SMILES string of the molecule is CC[C@@H](N)c1cc(C)nc(C)c1. The van der Waals surface area contributed by atoms with Gasteiger partial charge in [0, 0.05) is 17.4 Å². The molecule has 0 aliphatic carbocycles. The normalized spacial score (nSPS) is 13.0. The van der Waals surface area contributed by atoms with Crippen LogP contribution in [-0.2, 0) is 0 Å². The first-order chi connectivity index (χ1) is 5.63. The van der Waals surface area contributed by atoms with Crippen molar-refractivity contribution in [1.29, 1.82) is 0 Å². The zero-order valence-electron chi connectivity index (χ0n) is 7.96. The summed E-state index contributed by atoms with van der Waals surface area (Å²) in [5.74, 6) is 0. The summed E-state index contributed by atoms with van der Waals surface area (Å²) in [6, 6.07) is 4.27. The molecule has 1 aromatic rings. The summed E-state index contributed by atoms with van der Waals surface area (Å²) in [7, 11) is 0. The van der Waals surface area contributed by atoms with Gasteiger partial charge in [0.2, 0.25) is 0 Å². The van der Waals surface area contributed by atoms with E-state index in [1.165, 1.54) is 5.56 Å². The van der Waals surface area contributed by atoms with E-state index in [0.717, 1.165) is 17.8 Å². The lowest BCUT2D eigenvalue weighted by molar-refractivity contribution is 0.695. The molecule has 1 heterocycles. The Morgan fingerprint density at radius 1 is 1.33 bits per heavy atom. The smallest absolute Gasteiger partial charge is 0.0379 e. The van der Waals surface area contributed by atoms with Crippen molar-refractivity contribution in [3.8, 4) is 0 Å². The van der Waals surface area contributed by atoms with Crippen molar-refractivity contribution in [2.24, 2.45) is 5.73 Å². The summed E-state index contributed by atoms with van der Waals surface area (Å²) < 4.78 is 0. The summed E-state index contributed by atoms with van der Waals surface area (Å²) in [5.41, 5.74) is 9.20. The average molecular weight is 164 g/mol.